The van der Waals surface area contributed by atoms with Crippen molar-refractivity contribution in [3.05, 3.63) is 200 Å². The van der Waals surface area contributed by atoms with Gasteiger partial charge in [-0.3, -0.25) is 0 Å². The van der Waals surface area contributed by atoms with Crippen molar-refractivity contribution in [2.45, 2.75) is 0 Å². The summed E-state index contributed by atoms with van der Waals surface area (Å²) >= 11 is 0. The molecule has 0 spiro atoms. The van der Waals surface area contributed by atoms with Gasteiger partial charge in [0.1, 0.15) is 11.2 Å². The zero-order chi connectivity index (χ0) is 34.4. The second-order valence-electron chi connectivity index (χ2n) is 13.3. The summed E-state index contributed by atoms with van der Waals surface area (Å²) in [6.45, 7) is 0. The second kappa shape index (κ2) is 12.5. The van der Waals surface area contributed by atoms with Gasteiger partial charge in [0, 0.05) is 33.3 Å². The lowest BCUT2D eigenvalue weighted by Gasteiger charge is -2.28. The molecule has 0 N–H and O–H groups in total. The summed E-state index contributed by atoms with van der Waals surface area (Å²) in [7, 11) is 0. The lowest BCUT2D eigenvalue weighted by atomic mass is 9.98. The van der Waals surface area contributed by atoms with E-state index in [0.717, 1.165) is 61.3 Å². The molecule has 0 amide bonds. The molecule has 0 aliphatic carbocycles. The molecule has 0 saturated carbocycles. The van der Waals surface area contributed by atoms with E-state index < -0.39 is 0 Å². The monoisotopic (exact) mass is 663 g/mol. The predicted molar refractivity (Wildman–Crippen MR) is 220 cm³/mol. The highest BCUT2D eigenvalue weighted by Gasteiger charge is 2.19. The predicted octanol–water partition coefficient (Wildman–Crippen LogP) is 14.4. The average Bonchev–Trinajstić information content (AvgIpc) is 3.60. The molecule has 0 radical (unpaired) electrons. The Morgan fingerprint density at radius 1 is 0.327 bits per heavy atom. The first-order valence-electron chi connectivity index (χ1n) is 17.8. The van der Waals surface area contributed by atoms with E-state index in [2.05, 4.69) is 199 Å². The standard InChI is InChI=1S/C50H33NO/c1-3-12-35(13-4-1)43-18-9-10-21-48(43)51(41-30-26-38-23-22-37-16-7-8-17-42(37)46(38)33-41)40-28-24-34(25-29-40)39-27-31-49-47(32-39)45-20-11-19-44(50(45)52-49)36-14-5-2-6-15-36/h1-33H. The molecule has 1 heterocycles. The van der Waals surface area contributed by atoms with Crippen molar-refractivity contribution < 1.29 is 4.42 Å². The van der Waals surface area contributed by atoms with Crippen molar-refractivity contribution >= 4 is 60.5 Å². The van der Waals surface area contributed by atoms with E-state index >= 15 is 0 Å². The first kappa shape index (κ1) is 30.0. The Morgan fingerprint density at radius 2 is 0.923 bits per heavy atom. The molecule has 2 nitrogen and oxygen atoms in total. The van der Waals surface area contributed by atoms with Crippen molar-refractivity contribution in [1.29, 1.82) is 0 Å². The van der Waals surface area contributed by atoms with Crippen molar-refractivity contribution in [2.24, 2.45) is 0 Å². The summed E-state index contributed by atoms with van der Waals surface area (Å²) in [5.41, 5.74) is 12.1. The first-order valence-corrected chi connectivity index (χ1v) is 17.8. The highest BCUT2D eigenvalue weighted by molar-refractivity contribution is 6.11. The second-order valence-corrected chi connectivity index (χ2v) is 13.3. The summed E-state index contributed by atoms with van der Waals surface area (Å²) in [5, 5.41) is 7.22. The number of anilines is 3. The average molecular weight is 664 g/mol. The Hall–Kier alpha value is -6.90. The van der Waals surface area contributed by atoms with E-state index in [1.54, 1.807) is 0 Å². The molecule has 0 unspecified atom stereocenters. The Labute approximate surface area is 302 Å². The number of hydrogen-bond donors (Lipinski definition) is 0. The van der Waals surface area contributed by atoms with E-state index in [4.69, 9.17) is 4.42 Å². The molecule has 0 bridgehead atoms. The van der Waals surface area contributed by atoms with Gasteiger partial charge in [0.05, 0.1) is 5.69 Å². The molecule has 244 valence electrons. The summed E-state index contributed by atoms with van der Waals surface area (Å²) in [4.78, 5) is 2.39. The number of hydrogen-bond acceptors (Lipinski definition) is 2. The van der Waals surface area contributed by atoms with Crippen LogP contribution in [0.15, 0.2) is 205 Å². The van der Waals surface area contributed by atoms with Crippen molar-refractivity contribution in [3.8, 4) is 33.4 Å². The molecule has 0 saturated heterocycles. The van der Waals surface area contributed by atoms with Gasteiger partial charge in [-0.25, -0.2) is 0 Å². The summed E-state index contributed by atoms with van der Waals surface area (Å²) in [6.07, 6.45) is 0. The Morgan fingerprint density at radius 3 is 1.73 bits per heavy atom. The van der Waals surface area contributed by atoms with E-state index in [-0.39, 0.29) is 0 Å². The summed E-state index contributed by atoms with van der Waals surface area (Å²) in [5.74, 6) is 0. The minimum absolute atomic E-state index is 0.895. The maximum Gasteiger partial charge on any atom is 0.143 e. The largest absolute Gasteiger partial charge is 0.455 e. The van der Waals surface area contributed by atoms with E-state index in [9.17, 15) is 0 Å². The fourth-order valence-corrected chi connectivity index (χ4v) is 7.71. The maximum absolute atomic E-state index is 6.48. The topological polar surface area (TPSA) is 16.4 Å². The van der Waals surface area contributed by atoms with Crippen LogP contribution in [0.25, 0.3) is 76.9 Å². The van der Waals surface area contributed by atoms with Gasteiger partial charge in [-0.05, 0) is 86.3 Å². The van der Waals surface area contributed by atoms with Crippen LogP contribution < -0.4 is 4.90 Å². The van der Waals surface area contributed by atoms with Crippen LogP contribution in [0.2, 0.25) is 0 Å². The van der Waals surface area contributed by atoms with Gasteiger partial charge in [-0.2, -0.15) is 0 Å². The molecule has 0 atom stereocenters. The van der Waals surface area contributed by atoms with Crippen LogP contribution >= 0.6 is 0 Å². The first-order chi connectivity index (χ1) is 25.8. The third kappa shape index (κ3) is 5.12. The lowest BCUT2D eigenvalue weighted by molar-refractivity contribution is 0.670. The van der Waals surface area contributed by atoms with E-state index in [1.165, 1.54) is 32.7 Å². The normalized spacial score (nSPS) is 11.5. The van der Waals surface area contributed by atoms with Gasteiger partial charge in [0.15, 0.2) is 0 Å². The SMILES string of the molecule is c1ccc(-c2ccccc2N(c2ccc(-c3ccc4oc5c(-c6ccccc6)cccc5c4c3)cc2)c2ccc3ccc4ccccc4c3c2)cc1. The Balaban J connectivity index is 1.10. The fourth-order valence-electron chi connectivity index (χ4n) is 7.71. The number of furan rings is 1. The number of nitrogens with zero attached hydrogens (tertiary/aromatic N) is 1. The third-order valence-corrected chi connectivity index (χ3v) is 10.3. The van der Waals surface area contributed by atoms with Crippen LogP contribution in [0.1, 0.15) is 0 Å². The summed E-state index contributed by atoms with van der Waals surface area (Å²) < 4.78 is 6.48. The Bertz CT molecular complexity index is 2890. The van der Waals surface area contributed by atoms with Gasteiger partial charge < -0.3 is 9.32 Å². The molecule has 1 aromatic heterocycles. The molecule has 10 aromatic rings. The highest BCUT2D eigenvalue weighted by Crippen LogP contribution is 2.43. The van der Waals surface area contributed by atoms with Crippen LogP contribution in [-0.4, -0.2) is 0 Å². The van der Waals surface area contributed by atoms with Crippen LogP contribution in [-0.2, 0) is 0 Å². The molecule has 52 heavy (non-hydrogen) atoms. The number of benzene rings is 9. The molecular formula is C50H33NO. The molecule has 2 heteroatoms. The van der Waals surface area contributed by atoms with Crippen molar-refractivity contribution in [3.63, 3.8) is 0 Å². The summed E-state index contributed by atoms with van der Waals surface area (Å²) in [6, 6.07) is 71.7. The molecule has 0 aliphatic rings. The number of para-hydroxylation sites is 2. The van der Waals surface area contributed by atoms with E-state index in [0.29, 0.717) is 0 Å². The highest BCUT2D eigenvalue weighted by atomic mass is 16.3. The Kier molecular flexibility index (Phi) is 7.18. The van der Waals surface area contributed by atoms with E-state index in [1.807, 2.05) is 6.07 Å². The zero-order valence-corrected chi connectivity index (χ0v) is 28.4. The number of rotatable bonds is 6. The van der Waals surface area contributed by atoms with Gasteiger partial charge in [0.25, 0.3) is 0 Å². The molecule has 9 aromatic carbocycles. The van der Waals surface area contributed by atoms with Gasteiger partial charge in [-0.1, -0.05) is 158 Å². The molecule has 0 fully saturated rings. The van der Waals surface area contributed by atoms with Gasteiger partial charge in [0.2, 0.25) is 0 Å². The smallest absolute Gasteiger partial charge is 0.143 e. The molecule has 0 aliphatic heterocycles. The molecule has 10 rings (SSSR count). The third-order valence-electron chi connectivity index (χ3n) is 10.3. The van der Waals surface area contributed by atoms with Gasteiger partial charge in [-0.15, -0.1) is 0 Å². The fraction of sp³-hybridized carbons (Fsp3) is 0. The molecular weight excluding hydrogens is 631 g/mol. The zero-order valence-electron chi connectivity index (χ0n) is 28.4. The van der Waals surface area contributed by atoms with Crippen molar-refractivity contribution in [1.82, 2.24) is 0 Å². The lowest BCUT2D eigenvalue weighted by Crippen LogP contribution is -2.11. The van der Waals surface area contributed by atoms with Crippen LogP contribution in [0.3, 0.4) is 0 Å². The van der Waals surface area contributed by atoms with Crippen LogP contribution in [0.5, 0.6) is 0 Å². The minimum atomic E-state index is 0.895. The quantitative estimate of drug-likeness (QED) is 0.165. The number of fused-ring (bicyclic) bond motifs is 6. The maximum atomic E-state index is 6.48. The minimum Gasteiger partial charge on any atom is -0.455 e. The van der Waals surface area contributed by atoms with Crippen molar-refractivity contribution in [2.75, 3.05) is 4.90 Å². The van der Waals surface area contributed by atoms with Crippen LogP contribution in [0.4, 0.5) is 17.1 Å². The van der Waals surface area contributed by atoms with Gasteiger partial charge >= 0.3 is 0 Å². The van der Waals surface area contributed by atoms with Crippen LogP contribution in [0, 0.1) is 0 Å².